The molecule has 17 nitrogen and oxygen atoms in total. The van der Waals surface area contributed by atoms with Gasteiger partial charge in [-0.1, -0.05) is 279 Å². The van der Waals surface area contributed by atoms with Gasteiger partial charge in [0.2, 0.25) is 0 Å². The second-order valence-corrected chi connectivity index (χ2v) is 27.7. The number of hydrogen-bond donors (Lipinski definition) is 3. The molecule has 0 aliphatic heterocycles. The maximum atomic E-state index is 13.0. The summed E-state index contributed by atoms with van der Waals surface area (Å²) in [4.78, 5) is 72.2. The molecule has 504 valence electrons. The highest BCUT2D eigenvalue weighted by molar-refractivity contribution is 7.47. The minimum absolute atomic E-state index is 0.103. The number of carbonyl (C=O) groups is 4. The summed E-state index contributed by atoms with van der Waals surface area (Å²) < 4.78 is 68.0. The summed E-state index contributed by atoms with van der Waals surface area (Å²) in [6, 6.07) is 0. The van der Waals surface area contributed by atoms with Crippen LogP contribution >= 0.6 is 15.6 Å². The van der Waals surface area contributed by atoms with E-state index in [0.29, 0.717) is 31.6 Å². The molecule has 0 aromatic heterocycles. The van der Waals surface area contributed by atoms with E-state index in [1.807, 2.05) is 0 Å². The van der Waals surface area contributed by atoms with Gasteiger partial charge in [0.15, 0.2) is 12.2 Å². The number of phosphoric ester groups is 2. The van der Waals surface area contributed by atoms with Crippen molar-refractivity contribution in [2.45, 2.75) is 349 Å². The van der Waals surface area contributed by atoms with E-state index in [1.54, 1.807) is 0 Å². The van der Waals surface area contributed by atoms with Crippen molar-refractivity contribution in [2.24, 2.45) is 11.8 Å². The van der Waals surface area contributed by atoms with Gasteiger partial charge in [0.25, 0.3) is 0 Å². The van der Waals surface area contributed by atoms with Crippen LogP contribution in [-0.2, 0) is 65.4 Å². The summed E-state index contributed by atoms with van der Waals surface area (Å²) in [5.74, 6) is -0.681. The maximum absolute atomic E-state index is 13.0. The highest BCUT2D eigenvalue weighted by atomic mass is 31.2. The third-order valence-electron chi connectivity index (χ3n) is 15.2. The lowest BCUT2D eigenvalue weighted by Crippen LogP contribution is -2.30. The maximum Gasteiger partial charge on any atom is 0.472 e. The predicted octanol–water partition coefficient (Wildman–Crippen LogP) is 18.4. The Hall–Kier alpha value is -1.94. The van der Waals surface area contributed by atoms with Crippen LogP contribution < -0.4 is 0 Å². The summed E-state index contributed by atoms with van der Waals surface area (Å²) in [7, 11) is -9.89. The molecule has 0 saturated heterocycles. The number of esters is 4. The largest absolute Gasteiger partial charge is 0.472 e. The van der Waals surface area contributed by atoms with Crippen LogP contribution in [0.3, 0.4) is 0 Å². The molecule has 0 heterocycles. The lowest BCUT2D eigenvalue weighted by molar-refractivity contribution is -0.161. The Bertz CT molecular complexity index is 1670. The minimum atomic E-state index is -4.95. The standard InChI is InChI=1S/C66H128O17P2/c1-7-9-11-13-15-16-17-18-19-20-21-26-32-38-44-50-65(70)82-62(55-77-64(69)49-43-37-31-25-23-22-24-29-34-40-46-58(3)4)57-81-85(74,75)79-53-60(67)52-78-84(72,73)80-56-61(54-76-63(68)48-42-36-28-14-12-10-8-2)83-66(71)51-45-39-33-27-30-35-41-47-59(5)6/h58-62,67H,7-57H2,1-6H3,(H,72,73)(H,74,75)/t60-,61+,62+/m0/s1. The van der Waals surface area contributed by atoms with Gasteiger partial charge in [-0.05, 0) is 37.5 Å². The third kappa shape index (κ3) is 60.7. The Morgan fingerprint density at radius 3 is 0.800 bits per heavy atom. The lowest BCUT2D eigenvalue weighted by atomic mass is 10.0. The van der Waals surface area contributed by atoms with Crippen LogP contribution in [-0.4, -0.2) is 96.7 Å². The van der Waals surface area contributed by atoms with Gasteiger partial charge in [-0.2, -0.15) is 0 Å². The first-order chi connectivity index (χ1) is 40.9. The molecule has 0 aliphatic rings. The molecule has 0 aromatic carbocycles. The highest BCUT2D eigenvalue weighted by Gasteiger charge is 2.30. The van der Waals surface area contributed by atoms with Gasteiger partial charge in [-0.25, -0.2) is 9.13 Å². The molecule has 3 N–H and O–H groups in total. The van der Waals surface area contributed by atoms with Crippen molar-refractivity contribution in [3.05, 3.63) is 0 Å². The van der Waals surface area contributed by atoms with Crippen LogP contribution in [0.5, 0.6) is 0 Å². The Morgan fingerprint density at radius 1 is 0.318 bits per heavy atom. The summed E-state index contributed by atoms with van der Waals surface area (Å²) >= 11 is 0. The van der Waals surface area contributed by atoms with Crippen molar-refractivity contribution in [3.63, 3.8) is 0 Å². The van der Waals surface area contributed by atoms with Crippen LogP contribution in [0.1, 0.15) is 330 Å². The first-order valence-electron chi connectivity index (χ1n) is 34.5. The summed E-state index contributed by atoms with van der Waals surface area (Å²) in [6.45, 7) is 9.41. The number of hydrogen-bond acceptors (Lipinski definition) is 15. The number of phosphoric acid groups is 2. The molecule has 0 spiro atoms. The van der Waals surface area contributed by atoms with E-state index in [-0.39, 0.29) is 25.7 Å². The molecule has 0 aliphatic carbocycles. The fourth-order valence-electron chi connectivity index (χ4n) is 9.88. The van der Waals surface area contributed by atoms with E-state index < -0.39 is 97.5 Å². The smallest absolute Gasteiger partial charge is 0.462 e. The molecule has 2 unspecified atom stereocenters. The quantitative estimate of drug-likeness (QED) is 0.0222. The van der Waals surface area contributed by atoms with Crippen molar-refractivity contribution in [3.8, 4) is 0 Å². The number of aliphatic hydroxyl groups is 1. The van der Waals surface area contributed by atoms with E-state index in [0.717, 1.165) is 109 Å². The monoisotopic (exact) mass is 1250 g/mol. The normalized spacial score (nSPS) is 14.2. The van der Waals surface area contributed by atoms with Gasteiger partial charge < -0.3 is 33.8 Å². The van der Waals surface area contributed by atoms with Crippen LogP contribution in [0, 0.1) is 11.8 Å². The fraction of sp³-hybridized carbons (Fsp3) is 0.939. The molecular formula is C66H128O17P2. The SMILES string of the molecule is CCCCCCCCCCCCCCCCCC(=O)O[C@H](COC(=O)CCCCCCCCCCCCC(C)C)COP(=O)(O)OC[C@@H](O)COP(=O)(O)OC[C@@H](COC(=O)CCCCCCCCC)OC(=O)CCCCCCCCCC(C)C. The number of rotatable bonds is 65. The molecule has 0 aromatic rings. The van der Waals surface area contributed by atoms with E-state index >= 15 is 0 Å². The van der Waals surface area contributed by atoms with E-state index in [2.05, 4.69) is 41.5 Å². The van der Waals surface area contributed by atoms with Crippen LogP contribution in [0.25, 0.3) is 0 Å². The zero-order valence-electron chi connectivity index (χ0n) is 54.9. The number of aliphatic hydroxyl groups excluding tert-OH is 1. The van der Waals surface area contributed by atoms with Gasteiger partial charge in [0.1, 0.15) is 19.3 Å². The van der Waals surface area contributed by atoms with E-state index in [9.17, 15) is 43.2 Å². The second kappa shape index (κ2) is 58.4. The average Bonchev–Trinajstić information content (AvgIpc) is 3.47. The van der Waals surface area contributed by atoms with Crippen molar-refractivity contribution < 1.29 is 80.2 Å². The minimum Gasteiger partial charge on any atom is -0.462 e. The molecule has 0 saturated carbocycles. The van der Waals surface area contributed by atoms with Crippen molar-refractivity contribution in [1.82, 2.24) is 0 Å². The zero-order chi connectivity index (χ0) is 62.9. The average molecular weight is 1260 g/mol. The number of ether oxygens (including phenoxy) is 4. The molecule has 0 bridgehead atoms. The molecule has 85 heavy (non-hydrogen) atoms. The first kappa shape index (κ1) is 83.1. The Kier molecular flexibility index (Phi) is 57.1. The predicted molar refractivity (Wildman–Crippen MR) is 340 cm³/mol. The van der Waals surface area contributed by atoms with Crippen molar-refractivity contribution in [2.75, 3.05) is 39.6 Å². The summed E-state index contributed by atoms with van der Waals surface area (Å²) in [5, 5.41) is 10.5. The molecule has 0 rings (SSSR count). The molecular weight excluding hydrogens is 1130 g/mol. The lowest BCUT2D eigenvalue weighted by Gasteiger charge is -2.21. The molecule has 0 amide bonds. The highest BCUT2D eigenvalue weighted by Crippen LogP contribution is 2.45. The van der Waals surface area contributed by atoms with Gasteiger partial charge >= 0.3 is 39.5 Å². The van der Waals surface area contributed by atoms with Crippen molar-refractivity contribution >= 4 is 39.5 Å². The summed E-state index contributed by atoms with van der Waals surface area (Å²) in [5.41, 5.74) is 0. The fourth-order valence-corrected chi connectivity index (χ4v) is 11.5. The van der Waals surface area contributed by atoms with Gasteiger partial charge in [-0.3, -0.25) is 37.3 Å². The Balaban J connectivity index is 5.21. The molecule has 0 radical (unpaired) electrons. The zero-order valence-corrected chi connectivity index (χ0v) is 56.7. The van der Waals surface area contributed by atoms with Gasteiger partial charge in [0.05, 0.1) is 26.4 Å². The van der Waals surface area contributed by atoms with Gasteiger partial charge in [-0.15, -0.1) is 0 Å². The topological polar surface area (TPSA) is 237 Å². The van der Waals surface area contributed by atoms with Crippen LogP contribution in [0.15, 0.2) is 0 Å². The first-order valence-corrected chi connectivity index (χ1v) is 37.5. The Morgan fingerprint density at radius 2 is 0.541 bits per heavy atom. The van der Waals surface area contributed by atoms with Gasteiger partial charge in [0, 0.05) is 25.7 Å². The molecule has 0 fully saturated rings. The molecule has 19 heteroatoms. The van der Waals surface area contributed by atoms with E-state index in [4.69, 9.17) is 37.0 Å². The van der Waals surface area contributed by atoms with Crippen LogP contribution in [0.4, 0.5) is 0 Å². The Labute approximate surface area is 517 Å². The number of unbranched alkanes of at least 4 members (excludes halogenated alkanes) is 35. The van der Waals surface area contributed by atoms with Crippen LogP contribution in [0.2, 0.25) is 0 Å². The number of carbonyl (C=O) groups excluding carboxylic acids is 4. The van der Waals surface area contributed by atoms with E-state index in [1.165, 1.54) is 135 Å². The van der Waals surface area contributed by atoms with Crippen molar-refractivity contribution in [1.29, 1.82) is 0 Å². The molecule has 5 atom stereocenters. The third-order valence-corrected chi connectivity index (χ3v) is 17.1. The second-order valence-electron chi connectivity index (χ2n) is 24.8. The summed E-state index contributed by atoms with van der Waals surface area (Å²) in [6.07, 6.45) is 41.9.